The van der Waals surface area contributed by atoms with E-state index in [-0.39, 0.29) is 11.9 Å². The lowest BCUT2D eigenvalue weighted by atomic mass is 10.0. The Morgan fingerprint density at radius 2 is 2.12 bits per heavy atom. The van der Waals surface area contributed by atoms with Gasteiger partial charge in [-0.1, -0.05) is 24.6 Å². The molecule has 0 heterocycles. The number of nitrogens with one attached hydrogen (secondary N) is 1. The fourth-order valence-electron chi connectivity index (χ4n) is 1.79. The quantitative estimate of drug-likeness (QED) is 0.844. The Hall–Kier alpha value is -0.640. The summed E-state index contributed by atoms with van der Waals surface area (Å²) in [6, 6.07) is 4.91. The number of nitrogens with zero attached hydrogens (tertiary/aromatic N) is 1. The molecule has 0 aliphatic heterocycles. The van der Waals surface area contributed by atoms with E-state index in [1.54, 1.807) is 12.1 Å². The molecule has 2 nitrogen and oxygen atoms in total. The second-order valence-electron chi connectivity index (χ2n) is 4.37. The van der Waals surface area contributed by atoms with Crippen molar-refractivity contribution in [1.82, 2.24) is 10.2 Å². The highest BCUT2D eigenvalue weighted by Crippen LogP contribution is 2.23. The first-order chi connectivity index (χ1) is 8.04. The summed E-state index contributed by atoms with van der Waals surface area (Å²) in [6.07, 6.45) is 0.874. The molecule has 0 spiro atoms. The Labute approximate surface area is 108 Å². The molecule has 0 fully saturated rings. The lowest BCUT2D eigenvalue weighted by molar-refractivity contribution is 0.359. The Balaban J connectivity index is 2.81. The van der Waals surface area contributed by atoms with Crippen molar-refractivity contribution in [2.75, 3.05) is 27.2 Å². The maximum Gasteiger partial charge on any atom is 0.129 e. The molecule has 96 valence electrons. The van der Waals surface area contributed by atoms with Gasteiger partial charge in [0.1, 0.15) is 5.82 Å². The summed E-state index contributed by atoms with van der Waals surface area (Å²) in [6.45, 7) is 3.76. The molecule has 1 unspecified atom stereocenters. The monoisotopic (exact) mass is 258 g/mol. The third kappa shape index (κ3) is 4.62. The SMILES string of the molecule is CCNC(CCN(C)C)c1ccc(Cl)cc1F. The Kier molecular flexibility index (Phi) is 5.89. The molecule has 0 radical (unpaired) electrons. The molecule has 0 amide bonds. The van der Waals surface area contributed by atoms with Gasteiger partial charge in [-0.25, -0.2) is 4.39 Å². The van der Waals surface area contributed by atoms with E-state index < -0.39 is 0 Å². The second-order valence-corrected chi connectivity index (χ2v) is 4.80. The van der Waals surface area contributed by atoms with E-state index in [1.165, 1.54) is 6.07 Å². The van der Waals surface area contributed by atoms with Gasteiger partial charge in [0.05, 0.1) is 0 Å². The summed E-state index contributed by atoms with van der Waals surface area (Å²) < 4.78 is 13.8. The zero-order valence-electron chi connectivity index (χ0n) is 10.6. The molecule has 0 aliphatic rings. The maximum absolute atomic E-state index is 13.8. The van der Waals surface area contributed by atoms with Crippen LogP contribution in [0.5, 0.6) is 0 Å². The largest absolute Gasteiger partial charge is 0.310 e. The van der Waals surface area contributed by atoms with Crippen LogP contribution in [0.15, 0.2) is 18.2 Å². The van der Waals surface area contributed by atoms with Crippen molar-refractivity contribution < 1.29 is 4.39 Å². The molecule has 0 aromatic heterocycles. The average molecular weight is 259 g/mol. The van der Waals surface area contributed by atoms with E-state index in [4.69, 9.17) is 11.6 Å². The molecule has 1 rings (SSSR count). The zero-order valence-corrected chi connectivity index (χ0v) is 11.4. The topological polar surface area (TPSA) is 15.3 Å². The van der Waals surface area contributed by atoms with E-state index in [2.05, 4.69) is 10.2 Å². The predicted molar refractivity (Wildman–Crippen MR) is 71.0 cm³/mol. The van der Waals surface area contributed by atoms with E-state index in [1.807, 2.05) is 21.0 Å². The summed E-state index contributed by atoms with van der Waals surface area (Å²) in [7, 11) is 4.03. The number of benzene rings is 1. The average Bonchev–Trinajstić information content (AvgIpc) is 2.24. The third-order valence-electron chi connectivity index (χ3n) is 2.65. The highest BCUT2D eigenvalue weighted by Gasteiger charge is 2.15. The fraction of sp³-hybridized carbons (Fsp3) is 0.538. The number of halogens is 2. The molecular formula is C13H20ClFN2. The van der Waals surface area contributed by atoms with Crippen LogP contribution in [0.3, 0.4) is 0 Å². The lowest BCUT2D eigenvalue weighted by Crippen LogP contribution is -2.26. The van der Waals surface area contributed by atoms with Gasteiger partial charge < -0.3 is 10.2 Å². The Morgan fingerprint density at radius 1 is 1.41 bits per heavy atom. The van der Waals surface area contributed by atoms with Crippen LogP contribution in [0, 0.1) is 5.82 Å². The van der Waals surface area contributed by atoms with E-state index in [9.17, 15) is 4.39 Å². The summed E-state index contributed by atoms with van der Waals surface area (Å²) in [5.41, 5.74) is 0.693. The van der Waals surface area contributed by atoms with Crippen LogP contribution in [-0.4, -0.2) is 32.1 Å². The van der Waals surface area contributed by atoms with Crippen molar-refractivity contribution >= 4 is 11.6 Å². The minimum atomic E-state index is -0.234. The summed E-state index contributed by atoms with van der Waals surface area (Å²) in [5.74, 6) is -0.234. The van der Waals surface area contributed by atoms with Crippen molar-refractivity contribution in [2.24, 2.45) is 0 Å². The van der Waals surface area contributed by atoms with Crippen molar-refractivity contribution in [3.63, 3.8) is 0 Å². The molecule has 1 atom stereocenters. The third-order valence-corrected chi connectivity index (χ3v) is 2.89. The van der Waals surface area contributed by atoms with E-state index >= 15 is 0 Å². The van der Waals surface area contributed by atoms with Crippen LogP contribution >= 0.6 is 11.6 Å². The number of hydrogen-bond acceptors (Lipinski definition) is 2. The van der Waals surface area contributed by atoms with Crippen LogP contribution in [0.1, 0.15) is 24.9 Å². The van der Waals surface area contributed by atoms with Crippen molar-refractivity contribution in [3.8, 4) is 0 Å². The fourth-order valence-corrected chi connectivity index (χ4v) is 1.94. The van der Waals surface area contributed by atoms with Gasteiger partial charge in [0.2, 0.25) is 0 Å². The molecule has 1 aromatic carbocycles. The Morgan fingerprint density at radius 3 is 2.65 bits per heavy atom. The normalized spacial score (nSPS) is 13.1. The van der Waals surface area contributed by atoms with E-state index in [0.29, 0.717) is 10.6 Å². The molecule has 4 heteroatoms. The van der Waals surface area contributed by atoms with Crippen LogP contribution < -0.4 is 5.32 Å². The van der Waals surface area contributed by atoms with Gasteiger partial charge in [0.25, 0.3) is 0 Å². The molecular weight excluding hydrogens is 239 g/mol. The van der Waals surface area contributed by atoms with E-state index in [0.717, 1.165) is 19.5 Å². The molecule has 0 saturated heterocycles. The molecule has 0 aliphatic carbocycles. The lowest BCUT2D eigenvalue weighted by Gasteiger charge is -2.21. The number of rotatable bonds is 6. The van der Waals surface area contributed by atoms with Crippen LogP contribution in [0.25, 0.3) is 0 Å². The van der Waals surface area contributed by atoms with Crippen molar-refractivity contribution in [2.45, 2.75) is 19.4 Å². The smallest absolute Gasteiger partial charge is 0.129 e. The second kappa shape index (κ2) is 6.94. The van der Waals surface area contributed by atoms with Gasteiger partial charge in [0, 0.05) is 16.6 Å². The molecule has 17 heavy (non-hydrogen) atoms. The molecule has 1 N–H and O–H groups in total. The highest BCUT2D eigenvalue weighted by molar-refractivity contribution is 6.30. The van der Waals surface area contributed by atoms with Gasteiger partial charge in [-0.15, -0.1) is 0 Å². The summed E-state index contributed by atoms with van der Waals surface area (Å²) in [5, 5.41) is 3.74. The van der Waals surface area contributed by atoms with Gasteiger partial charge >= 0.3 is 0 Å². The highest BCUT2D eigenvalue weighted by atomic mass is 35.5. The molecule has 0 bridgehead atoms. The van der Waals surface area contributed by atoms with Gasteiger partial charge in [-0.3, -0.25) is 0 Å². The first-order valence-electron chi connectivity index (χ1n) is 5.87. The van der Waals surface area contributed by atoms with Gasteiger partial charge in [-0.05, 0) is 45.7 Å². The number of hydrogen-bond donors (Lipinski definition) is 1. The summed E-state index contributed by atoms with van der Waals surface area (Å²) in [4.78, 5) is 2.10. The van der Waals surface area contributed by atoms with Gasteiger partial charge in [-0.2, -0.15) is 0 Å². The van der Waals surface area contributed by atoms with Crippen LogP contribution in [-0.2, 0) is 0 Å². The first-order valence-corrected chi connectivity index (χ1v) is 6.25. The molecule has 1 aromatic rings. The standard InChI is InChI=1S/C13H20ClFN2/c1-4-16-13(7-8-17(2)3)11-6-5-10(14)9-12(11)15/h5-6,9,13,16H,4,7-8H2,1-3H3. The zero-order chi connectivity index (χ0) is 12.8. The maximum atomic E-state index is 13.8. The minimum absolute atomic E-state index is 0.0414. The van der Waals surface area contributed by atoms with Crippen molar-refractivity contribution in [1.29, 1.82) is 0 Å². The Bertz CT molecular complexity index is 355. The summed E-state index contributed by atoms with van der Waals surface area (Å²) >= 11 is 5.76. The van der Waals surface area contributed by atoms with Crippen LogP contribution in [0.2, 0.25) is 5.02 Å². The van der Waals surface area contributed by atoms with Crippen LogP contribution in [0.4, 0.5) is 4.39 Å². The van der Waals surface area contributed by atoms with Crippen molar-refractivity contribution in [3.05, 3.63) is 34.6 Å². The minimum Gasteiger partial charge on any atom is -0.310 e. The van der Waals surface area contributed by atoms with Gasteiger partial charge in [0.15, 0.2) is 0 Å². The first kappa shape index (κ1) is 14.4. The molecule has 0 saturated carbocycles. The predicted octanol–water partition coefficient (Wildman–Crippen LogP) is 3.08.